The molecule has 24 heavy (non-hydrogen) atoms. The molecule has 0 fully saturated rings. The minimum Gasteiger partial charge on any atom is -0.497 e. The number of aliphatic carboxylic acids is 1. The van der Waals surface area contributed by atoms with Crippen molar-refractivity contribution in [3.63, 3.8) is 0 Å². The molecule has 1 aromatic carbocycles. The van der Waals surface area contributed by atoms with Crippen LogP contribution in [0.15, 0.2) is 30.5 Å². The fraction of sp³-hybridized carbons (Fsp3) is 0.176. The standard InChI is InChI=1S/C17H16N2O4S/c1-10-9-19-13(5-7-15(20)21)16(18-17(19)24-10)12-8-11(22-2)4-6-14(12)23-3/h4-9H,1-3H3,(H,20,21)/b7-5+. The van der Waals surface area contributed by atoms with Gasteiger partial charge in [-0.25, -0.2) is 9.78 Å². The minimum absolute atomic E-state index is 0.642. The van der Waals surface area contributed by atoms with Crippen molar-refractivity contribution in [1.82, 2.24) is 9.38 Å². The maximum absolute atomic E-state index is 10.9. The Morgan fingerprint density at radius 2 is 2.12 bits per heavy atom. The van der Waals surface area contributed by atoms with E-state index in [2.05, 4.69) is 4.98 Å². The maximum Gasteiger partial charge on any atom is 0.328 e. The van der Waals surface area contributed by atoms with Gasteiger partial charge in [0.15, 0.2) is 4.96 Å². The summed E-state index contributed by atoms with van der Waals surface area (Å²) in [6.07, 6.45) is 4.58. The molecule has 2 heterocycles. The van der Waals surface area contributed by atoms with Crippen LogP contribution in [0.1, 0.15) is 10.6 Å². The van der Waals surface area contributed by atoms with Gasteiger partial charge in [-0.05, 0) is 31.2 Å². The fourth-order valence-corrected chi connectivity index (χ4v) is 3.31. The Hall–Kier alpha value is -2.80. The molecule has 0 saturated carbocycles. The first kappa shape index (κ1) is 16.1. The van der Waals surface area contributed by atoms with Crippen LogP contribution in [-0.2, 0) is 4.79 Å². The van der Waals surface area contributed by atoms with Crippen LogP contribution < -0.4 is 9.47 Å². The molecule has 0 aliphatic rings. The van der Waals surface area contributed by atoms with Crippen LogP contribution in [0.25, 0.3) is 22.3 Å². The molecule has 7 heteroatoms. The molecule has 0 bridgehead atoms. The number of thiazole rings is 1. The summed E-state index contributed by atoms with van der Waals surface area (Å²) >= 11 is 1.54. The summed E-state index contributed by atoms with van der Waals surface area (Å²) < 4.78 is 12.6. The van der Waals surface area contributed by atoms with Gasteiger partial charge in [-0.1, -0.05) is 0 Å². The van der Waals surface area contributed by atoms with Gasteiger partial charge in [-0.2, -0.15) is 0 Å². The van der Waals surface area contributed by atoms with Crippen molar-refractivity contribution in [3.8, 4) is 22.8 Å². The van der Waals surface area contributed by atoms with Crippen molar-refractivity contribution in [2.75, 3.05) is 14.2 Å². The zero-order valence-corrected chi connectivity index (χ0v) is 14.3. The summed E-state index contributed by atoms with van der Waals surface area (Å²) in [4.78, 5) is 17.5. The van der Waals surface area contributed by atoms with Gasteiger partial charge in [0.25, 0.3) is 0 Å². The van der Waals surface area contributed by atoms with Gasteiger partial charge in [0.2, 0.25) is 0 Å². The van der Waals surface area contributed by atoms with Gasteiger partial charge < -0.3 is 14.6 Å². The maximum atomic E-state index is 10.9. The third-order valence-electron chi connectivity index (χ3n) is 3.52. The third kappa shape index (κ3) is 2.85. The van der Waals surface area contributed by atoms with Crippen molar-refractivity contribution in [2.24, 2.45) is 0 Å². The van der Waals surface area contributed by atoms with E-state index < -0.39 is 5.97 Å². The first-order valence-electron chi connectivity index (χ1n) is 7.15. The van der Waals surface area contributed by atoms with Crippen LogP contribution in [-0.4, -0.2) is 34.7 Å². The summed E-state index contributed by atoms with van der Waals surface area (Å²) in [6, 6.07) is 5.44. The Morgan fingerprint density at radius 1 is 1.33 bits per heavy atom. The van der Waals surface area contributed by atoms with E-state index >= 15 is 0 Å². The number of aryl methyl sites for hydroxylation is 1. The number of carboxylic acid groups (broad SMARTS) is 1. The van der Waals surface area contributed by atoms with Crippen LogP contribution in [0.4, 0.5) is 0 Å². The number of hydrogen-bond donors (Lipinski definition) is 1. The van der Waals surface area contributed by atoms with E-state index in [-0.39, 0.29) is 0 Å². The summed E-state index contributed by atoms with van der Waals surface area (Å²) in [5.74, 6) is 0.301. The highest BCUT2D eigenvalue weighted by atomic mass is 32.1. The van der Waals surface area contributed by atoms with Gasteiger partial charge in [0.1, 0.15) is 17.2 Å². The molecular weight excluding hydrogens is 328 g/mol. The second kappa shape index (κ2) is 6.37. The number of rotatable bonds is 5. The zero-order chi connectivity index (χ0) is 17.3. The lowest BCUT2D eigenvalue weighted by Gasteiger charge is -2.09. The molecule has 0 aliphatic heterocycles. The summed E-state index contributed by atoms with van der Waals surface area (Å²) in [5.41, 5.74) is 2.08. The fourth-order valence-electron chi connectivity index (χ4n) is 2.48. The molecule has 2 aromatic heterocycles. The first-order chi connectivity index (χ1) is 11.5. The van der Waals surface area contributed by atoms with Gasteiger partial charge in [-0.3, -0.25) is 4.40 Å². The Bertz CT molecular complexity index is 940. The molecule has 0 saturated heterocycles. The summed E-state index contributed by atoms with van der Waals surface area (Å²) in [7, 11) is 3.17. The molecule has 3 aromatic rings. The average Bonchev–Trinajstić information content (AvgIpc) is 3.08. The van der Waals surface area contributed by atoms with E-state index in [0.29, 0.717) is 22.9 Å². The minimum atomic E-state index is -1.01. The van der Waals surface area contributed by atoms with Crippen molar-refractivity contribution >= 4 is 28.3 Å². The SMILES string of the molecule is COc1ccc(OC)c(-c2nc3sc(C)cn3c2/C=C/C(=O)O)c1. The van der Waals surface area contributed by atoms with Crippen molar-refractivity contribution in [2.45, 2.75) is 6.92 Å². The number of carbonyl (C=O) groups is 1. The number of benzene rings is 1. The molecule has 1 N–H and O–H groups in total. The Kier molecular flexibility index (Phi) is 4.26. The lowest BCUT2D eigenvalue weighted by Crippen LogP contribution is -1.93. The number of imidazole rings is 1. The highest BCUT2D eigenvalue weighted by molar-refractivity contribution is 7.17. The van der Waals surface area contributed by atoms with E-state index in [0.717, 1.165) is 21.5 Å². The normalized spacial score (nSPS) is 11.3. The smallest absolute Gasteiger partial charge is 0.328 e. The van der Waals surface area contributed by atoms with Crippen molar-refractivity contribution < 1.29 is 19.4 Å². The quantitative estimate of drug-likeness (QED) is 0.717. The van der Waals surface area contributed by atoms with Gasteiger partial charge in [0.05, 0.1) is 19.9 Å². The molecule has 0 radical (unpaired) electrons. The molecular formula is C17H16N2O4S. The number of aromatic nitrogens is 2. The number of ether oxygens (including phenoxy) is 2. The average molecular weight is 344 g/mol. The number of methoxy groups -OCH3 is 2. The van der Waals surface area contributed by atoms with Gasteiger partial charge >= 0.3 is 5.97 Å². The number of hydrogen-bond acceptors (Lipinski definition) is 5. The largest absolute Gasteiger partial charge is 0.497 e. The van der Waals surface area contributed by atoms with E-state index in [1.807, 2.05) is 23.6 Å². The Labute approximate surface area is 142 Å². The molecule has 0 aliphatic carbocycles. The van der Waals surface area contributed by atoms with Crippen LogP contribution in [0, 0.1) is 6.92 Å². The highest BCUT2D eigenvalue weighted by Crippen LogP contribution is 2.37. The van der Waals surface area contributed by atoms with E-state index in [4.69, 9.17) is 14.6 Å². The molecule has 0 amide bonds. The molecule has 3 rings (SSSR count). The van der Waals surface area contributed by atoms with E-state index in [1.165, 1.54) is 11.3 Å². The molecule has 124 valence electrons. The Morgan fingerprint density at radius 3 is 2.79 bits per heavy atom. The molecule has 0 unspecified atom stereocenters. The number of fused-ring (bicyclic) bond motifs is 1. The predicted octanol–water partition coefficient (Wildman–Crippen LogP) is 3.49. The highest BCUT2D eigenvalue weighted by Gasteiger charge is 2.18. The number of nitrogens with zero attached hydrogens (tertiary/aromatic N) is 2. The van der Waals surface area contributed by atoms with E-state index in [9.17, 15) is 4.79 Å². The monoisotopic (exact) mass is 344 g/mol. The Balaban J connectivity index is 2.27. The van der Waals surface area contributed by atoms with Crippen LogP contribution in [0.5, 0.6) is 11.5 Å². The summed E-state index contributed by atoms with van der Waals surface area (Å²) in [6.45, 7) is 1.98. The zero-order valence-electron chi connectivity index (χ0n) is 13.4. The van der Waals surface area contributed by atoms with Gasteiger partial charge in [0, 0.05) is 22.7 Å². The molecule has 6 nitrogen and oxygen atoms in total. The lowest BCUT2D eigenvalue weighted by molar-refractivity contribution is -0.131. The summed E-state index contributed by atoms with van der Waals surface area (Å²) in [5, 5.41) is 8.98. The molecule has 0 spiro atoms. The van der Waals surface area contributed by atoms with Crippen molar-refractivity contribution in [1.29, 1.82) is 0 Å². The van der Waals surface area contributed by atoms with Crippen LogP contribution in [0.2, 0.25) is 0 Å². The van der Waals surface area contributed by atoms with Crippen LogP contribution >= 0.6 is 11.3 Å². The molecule has 0 atom stereocenters. The third-order valence-corrected chi connectivity index (χ3v) is 4.42. The topological polar surface area (TPSA) is 73.1 Å². The van der Waals surface area contributed by atoms with E-state index in [1.54, 1.807) is 32.4 Å². The predicted molar refractivity (Wildman–Crippen MR) is 93.0 cm³/mol. The van der Waals surface area contributed by atoms with Gasteiger partial charge in [-0.15, -0.1) is 11.3 Å². The first-order valence-corrected chi connectivity index (χ1v) is 7.97. The second-order valence-electron chi connectivity index (χ2n) is 5.08. The van der Waals surface area contributed by atoms with Crippen molar-refractivity contribution in [3.05, 3.63) is 41.0 Å². The van der Waals surface area contributed by atoms with Crippen LogP contribution in [0.3, 0.4) is 0 Å². The second-order valence-corrected chi connectivity index (χ2v) is 6.29. The number of carboxylic acids is 1. The lowest BCUT2D eigenvalue weighted by atomic mass is 10.1.